The maximum Gasteiger partial charge on any atom is 0.279 e. The van der Waals surface area contributed by atoms with Gasteiger partial charge in [-0.3, -0.25) is 9.59 Å². The maximum atomic E-state index is 13.5. The predicted molar refractivity (Wildman–Crippen MR) is 113 cm³/mol. The number of benzene rings is 3. The van der Waals surface area contributed by atoms with E-state index in [0.717, 1.165) is 15.6 Å². The van der Waals surface area contributed by atoms with E-state index >= 15 is 0 Å². The van der Waals surface area contributed by atoms with E-state index in [1.807, 2.05) is 48.5 Å². The molecule has 0 radical (unpaired) electrons. The highest BCUT2D eigenvalue weighted by Crippen LogP contribution is 2.56. The Kier molecular flexibility index (Phi) is 3.63. The highest BCUT2D eigenvalue weighted by molar-refractivity contribution is 9.10. The number of rotatable bonds is 1. The van der Waals surface area contributed by atoms with Crippen LogP contribution in [0.3, 0.4) is 0 Å². The van der Waals surface area contributed by atoms with Gasteiger partial charge in [-0.2, -0.15) is 0 Å². The fourth-order valence-corrected chi connectivity index (χ4v) is 5.06. The van der Waals surface area contributed by atoms with Crippen molar-refractivity contribution in [3.63, 3.8) is 0 Å². The van der Waals surface area contributed by atoms with Crippen molar-refractivity contribution in [2.75, 3.05) is 0 Å². The second kappa shape index (κ2) is 6.16. The van der Waals surface area contributed by atoms with Gasteiger partial charge in [0, 0.05) is 39.1 Å². The number of ketones is 2. The van der Waals surface area contributed by atoms with Crippen LogP contribution < -0.4 is 4.74 Å². The van der Waals surface area contributed by atoms with E-state index in [1.165, 1.54) is 0 Å². The topological polar surface area (TPSA) is 52.6 Å². The summed E-state index contributed by atoms with van der Waals surface area (Å²) in [6, 6.07) is 22.3. The second-order valence-electron chi connectivity index (χ2n) is 7.71. The minimum absolute atomic E-state index is 0.101. The third-order valence-electron chi connectivity index (χ3n) is 6.04. The first-order chi connectivity index (χ1) is 14.6. The zero-order valence-electron chi connectivity index (χ0n) is 15.7. The lowest BCUT2D eigenvalue weighted by molar-refractivity contribution is -0.185. The number of hydrogen-bond donors (Lipinski definition) is 0. The van der Waals surface area contributed by atoms with Gasteiger partial charge in [0.25, 0.3) is 5.79 Å². The van der Waals surface area contributed by atoms with Crippen LogP contribution in [-0.4, -0.2) is 11.6 Å². The third kappa shape index (κ3) is 2.33. The van der Waals surface area contributed by atoms with Crippen molar-refractivity contribution in [2.24, 2.45) is 0 Å². The van der Waals surface area contributed by atoms with Gasteiger partial charge in [0.05, 0.1) is 5.57 Å². The van der Waals surface area contributed by atoms with Crippen molar-refractivity contribution in [1.82, 2.24) is 0 Å². The molecule has 4 nitrogen and oxygen atoms in total. The summed E-state index contributed by atoms with van der Waals surface area (Å²) in [4.78, 5) is 26.9. The molecule has 0 fully saturated rings. The molecular formula is C25H15BrO4. The number of allylic oxidation sites excluding steroid dienone is 2. The minimum Gasteiger partial charge on any atom is -0.448 e. The van der Waals surface area contributed by atoms with Crippen molar-refractivity contribution < 1.29 is 19.1 Å². The number of carbonyl (C=O) groups is 2. The Bertz CT molecular complexity index is 1280. The molecule has 146 valence electrons. The fourth-order valence-electron chi connectivity index (χ4n) is 4.69. The zero-order chi connectivity index (χ0) is 20.5. The highest BCUT2D eigenvalue weighted by atomic mass is 79.9. The first kappa shape index (κ1) is 17.7. The summed E-state index contributed by atoms with van der Waals surface area (Å²) in [5.74, 6) is -1.13. The van der Waals surface area contributed by atoms with E-state index in [4.69, 9.17) is 9.47 Å². The van der Waals surface area contributed by atoms with Gasteiger partial charge in [0.15, 0.2) is 11.5 Å². The van der Waals surface area contributed by atoms with Crippen LogP contribution in [0.5, 0.6) is 5.75 Å². The Morgan fingerprint density at radius 2 is 1.53 bits per heavy atom. The van der Waals surface area contributed by atoms with Crippen molar-refractivity contribution in [2.45, 2.75) is 18.1 Å². The molecule has 30 heavy (non-hydrogen) atoms. The minimum atomic E-state index is -1.16. The average molecular weight is 459 g/mol. The van der Waals surface area contributed by atoms with Crippen LogP contribution in [0, 0.1) is 0 Å². The molecule has 0 saturated heterocycles. The van der Waals surface area contributed by atoms with E-state index in [1.54, 1.807) is 24.3 Å². The van der Waals surface area contributed by atoms with Gasteiger partial charge in [-0.15, -0.1) is 0 Å². The van der Waals surface area contributed by atoms with Gasteiger partial charge in [0.1, 0.15) is 5.75 Å². The van der Waals surface area contributed by atoms with E-state index in [2.05, 4.69) is 15.9 Å². The molecule has 5 heteroatoms. The molecule has 2 atom stereocenters. The summed E-state index contributed by atoms with van der Waals surface area (Å²) in [7, 11) is 0. The maximum absolute atomic E-state index is 13.5. The van der Waals surface area contributed by atoms with Crippen LogP contribution in [0.2, 0.25) is 0 Å². The smallest absolute Gasteiger partial charge is 0.279 e. The van der Waals surface area contributed by atoms with Crippen molar-refractivity contribution in [3.05, 3.63) is 111 Å². The largest absolute Gasteiger partial charge is 0.448 e. The summed E-state index contributed by atoms with van der Waals surface area (Å²) in [6.07, 6.45) is 0.417. The second-order valence-corrected chi connectivity index (χ2v) is 8.62. The standard InChI is InChI=1S/C25H15BrO4/c26-15-10-11-20-18(12-15)19-13-25(29-20,14-6-2-1-3-7-14)30-24-21(19)22(27)16-8-4-5-9-17(16)23(24)28/h1-12,19H,13H2/t19-,25-/m0/s1. The van der Waals surface area contributed by atoms with Crippen molar-refractivity contribution in [3.8, 4) is 5.75 Å². The Morgan fingerprint density at radius 3 is 2.30 bits per heavy atom. The van der Waals surface area contributed by atoms with Gasteiger partial charge in [0.2, 0.25) is 5.78 Å². The Morgan fingerprint density at radius 1 is 0.833 bits per heavy atom. The summed E-state index contributed by atoms with van der Waals surface area (Å²) < 4.78 is 13.6. The molecule has 3 aromatic rings. The monoisotopic (exact) mass is 458 g/mol. The van der Waals surface area contributed by atoms with Crippen LogP contribution >= 0.6 is 15.9 Å². The SMILES string of the molecule is O=C1C2=C(C(=O)c3ccccc31)[C@H]1C[C@@](c3ccccc3)(O2)Oc2ccc(Br)cc21. The lowest BCUT2D eigenvalue weighted by Gasteiger charge is -2.47. The van der Waals surface area contributed by atoms with Crippen molar-refractivity contribution >= 4 is 27.5 Å². The van der Waals surface area contributed by atoms with E-state index in [-0.39, 0.29) is 23.2 Å². The number of Topliss-reactive ketones (excluding diaryl/α,β-unsaturated/α-hetero) is 2. The number of halogens is 1. The van der Waals surface area contributed by atoms with Crippen LogP contribution in [0.1, 0.15) is 44.2 Å². The molecule has 3 aliphatic rings. The molecule has 0 unspecified atom stereocenters. The first-order valence-corrected chi connectivity index (χ1v) is 10.5. The molecular weight excluding hydrogens is 444 g/mol. The van der Waals surface area contributed by atoms with E-state index in [9.17, 15) is 9.59 Å². The number of fused-ring (bicyclic) bond motifs is 6. The van der Waals surface area contributed by atoms with Gasteiger partial charge in [-0.05, 0) is 18.2 Å². The molecule has 1 aliphatic carbocycles. The molecule has 0 saturated carbocycles. The van der Waals surface area contributed by atoms with Crippen LogP contribution in [0.15, 0.2) is 88.6 Å². The van der Waals surface area contributed by atoms with E-state index < -0.39 is 5.79 Å². The Labute approximate surface area is 181 Å². The summed E-state index contributed by atoms with van der Waals surface area (Å²) >= 11 is 3.52. The van der Waals surface area contributed by atoms with Gasteiger partial charge in [-0.25, -0.2) is 0 Å². The van der Waals surface area contributed by atoms with Crippen LogP contribution in [0.25, 0.3) is 0 Å². The molecule has 2 aliphatic heterocycles. The predicted octanol–water partition coefficient (Wildman–Crippen LogP) is 5.53. The van der Waals surface area contributed by atoms with Gasteiger partial charge in [-0.1, -0.05) is 70.5 Å². The average Bonchev–Trinajstić information content (AvgIpc) is 2.78. The molecule has 3 aromatic carbocycles. The molecule has 0 N–H and O–H groups in total. The molecule has 2 heterocycles. The summed E-state index contributed by atoms with van der Waals surface area (Å²) in [5.41, 5.74) is 2.92. The zero-order valence-corrected chi connectivity index (χ0v) is 17.3. The normalized spacial score (nSPS) is 23.7. The molecule has 0 amide bonds. The number of hydrogen-bond acceptors (Lipinski definition) is 4. The fraction of sp³-hybridized carbons (Fsp3) is 0.120. The van der Waals surface area contributed by atoms with Crippen LogP contribution in [0.4, 0.5) is 0 Å². The third-order valence-corrected chi connectivity index (χ3v) is 6.53. The molecule has 2 bridgehead atoms. The summed E-state index contributed by atoms with van der Waals surface area (Å²) in [6.45, 7) is 0. The first-order valence-electron chi connectivity index (χ1n) is 9.73. The molecule has 6 rings (SSSR count). The van der Waals surface area contributed by atoms with Crippen molar-refractivity contribution in [1.29, 1.82) is 0 Å². The molecule has 0 spiro atoms. The lowest BCUT2D eigenvalue weighted by atomic mass is 9.72. The molecule has 0 aromatic heterocycles. The highest BCUT2D eigenvalue weighted by Gasteiger charge is 2.54. The van der Waals surface area contributed by atoms with Crippen LogP contribution in [-0.2, 0) is 10.5 Å². The Balaban J connectivity index is 1.63. The number of carbonyl (C=O) groups excluding carboxylic acids is 2. The summed E-state index contributed by atoms with van der Waals surface area (Å²) in [5, 5.41) is 0. The lowest BCUT2D eigenvalue weighted by Crippen LogP contribution is -2.47. The van der Waals surface area contributed by atoms with E-state index in [0.29, 0.717) is 28.9 Å². The number of ether oxygens (including phenoxy) is 2. The Hall–Kier alpha value is -3.18. The van der Waals surface area contributed by atoms with Gasteiger partial charge >= 0.3 is 0 Å². The quantitative estimate of drug-likeness (QED) is 0.480. The van der Waals surface area contributed by atoms with Gasteiger partial charge < -0.3 is 9.47 Å².